The molecule has 0 fully saturated rings. The van der Waals surface area contributed by atoms with E-state index in [1.807, 2.05) is 30.3 Å². The highest BCUT2D eigenvalue weighted by atomic mass is 16.5. The maximum absolute atomic E-state index is 9.40. The number of rotatable bonds is 2. The summed E-state index contributed by atoms with van der Waals surface area (Å²) in [5.41, 5.74) is 9.11. The third-order valence-corrected chi connectivity index (χ3v) is 3.64. The first kappa shape index (κ1) is 13.4. The predicted octanol–water partition coefficient (Wildman–Crippen LogP) is 2.70. The van der Waals surface area contributed by atoms with Gasteiger partial charge >= 0.3 is 0 Å². The van der Waals surface area contributed by atoms with E-state index in [-0.39, 0.29) is 17.9 Å². The number of aliphatic imine (C=N–C) groups is 1. The average molecular weight is 306 g/mol. The van der Waals surface area contributed by atoms with Gasteiger partial charge in [-0.25, -0.2) is 4.98 Å². The van der Waals surface area contributed by atoms with Gasteiger partial charge in [-0.3, -0.25) is 0 Å². The molecule has 3 aromatic rings. The Bertz CT molecular complexity index is 892. The molecule has 1 aliphatic rings. The van der Waals surface area contributed by atoms with Crippen LogP contribution in [0.15, 0.2) is 59.6 Å². The van der Waals surface area contributed by atoms with E-state index in [1.54, 1.807) is 24.3 Å². The maximum Gasteiger partial charge on any atom is 0.288 e. The first-order chi connectivity index (χ1) is 11.2. The molecule has 1 aliphatic heterocycles. The van der Waals surface area contributed by atoms with E-state index in [2.05, 4.69) is 15.0 Å². The lowest BCUT2D eigenvalue weighted by Crippen LogP contribution is -2.22. The van der Waals surface area contributed by atoms with E-state index >= 15 is 0 Å². The van der Waals surface area contributed by atoms with Crippen LogP contribution >= 0.6 is 0 Å². The molecule has 1 aromatic heterocycles. The smallest absolute Gasteiger partial charge is 0.288 e. The summed E-state index contributed by atoms with van der Waals surface area (Å²) in [6.07, 6.45) is 1.47. The van der Waals surface area contributed by atoms with Gasteiger partial charge in [0.2, 0.25) is 0 Å². The standard InChI is InChI=1S/C17H14N4O2/c18-17-21-14(16-19-12-3-1-2-4-13(12)20-16)9-15(23-17)10-5-7-11(22)8-6-10/h1-9,15,22H,(H2,18,21)(H,19,20). The number of nitrogens with two attached hydrogens (primary N) is 1. The first-order valence-electron chi connectivity index (χ1n) is 7.16. The van der Waals surface area contributed by atoms with Gasteiger partial charge in [-0.05, 0) is 35.9 Å². The van der Waals surface area contributed by atoms with Crippen molar-refractivity contribution < 1.29 is 9.84 Å². The topological polar surface area (TPSA) is 96.5 Å². The van der Waals surface area contributed by atoms with E-state index in [1.165, 1.54) is 0 Å². The summed E-state index contributed by atoms with van der Waals surface area (Å²) in [6, 6.07) is 14.6. The van der Waals surface area contributed by atoms with Gasteiger partial charge in [-0.15, -0.1) is 0 Å². The van der Waals surface area contributed by atoms with Crippen molar-refractivity contribution in [1.29, 1.82) is 0 Å². The normalized spacial score (nSPS) is 17.5. The molecule has 0 saturated heterocycles. The first-order valence-corrected chi connectivity index (χ1v) is 7.16. The number of imidazole rings is 1. The zero-order valence-corrected chi connectivity index (χ0v) is 12.1. The van der Waals surface area contributed by atoms with E-state index in [9.17, 15) is 5.11 Å². The van der Waals surface area contributed by atoms with Gasteiger partial charge < -0.3 is 20.6 Å². The van der Waals surface area contributed by atoms with Crippen molar-refractivity contribution in [2.75, 3.05) is 0 Å². The second kappa shape index (κ2) is 5.17. The molecule has 1 atom stereocenters. The van der Waals surface area contributed by atoms with Crippen molar-refractivity contribution in [3.05, 3.63) is 66.0 Å². The predicted molar refractivity (Wildman–Crippen MR) is 87.6 cm³/mol. The number of benzene rings is 2. The fraction of sp³-hybridized carbons (Fsp3) is 0.0588. The van der Waals surface area contributed by atoms with Gasteiger partial charge in [-0.2, -0.15) is 4.99 Å². The highest BCUT2D eigenvalue weighted by Crippen LogP contribution is 2.29. The molecule has 23 heavy (non-hydrogen) atoms. The number of ether oxygens (including phenoxy) is 1. The van der Waals surface area contributed by atoms with Crippen LogP contribution in [0.4, 0.5) is 0 Å². The summed E-state index contributed by atoms with van der Waals surface area (Å²) in [5.74, 6) is 0.842. The van der Waals surface area contributed by atoms with Gasteiger partial charge in [0, 0.05) is 0 Å². The van der Waals surface area contributed by atoms with Gasteiger partial charge in [0.25, 0.3) is 6.02 Å². The Morgan fingerprint density at radius 2 is 1.87 bits per heavy atom. The number of aromatic hydroxyl groups is 1. The number of amidine groups is 1. The summed E-state index contributed by atoms with van der Waals surface area (Å²) in [4.78, 5) is 12.0. The molecule has 114 valence electrons. The number of aromatic nitrogens is 2. The van der Waals surface area contributed by atoms with Crippen LogP contribution in [-0.4, -0.2) is 21.1 Å². The van der Waals surface area contributed by atoms with Gasteiger partial charge in [0.05, 0.1) is 11.0 Å². The number of hydrogen-bond acceptors (Lipinski definition) is 5. The minimum absolute atomic E-state index is 0.0843. The Hall–Kier alpha value is -3.28. The highest BCUT2D eigenvalue weighted by Gasteiger charge is 2.20. The number of aromatic amines is 1. The third-order valence-electron chi connectivity index (χ3n) is 3.64. The van der Waals surface area contributed by atoms with E-state index in [4.69, 9.17) is 10.5 Å². The van der Waals surface area contributed by atoms with Crippen molar-refractivity contribution in [1.82, 2.24) is 9.97 Å². The number of phenolic OH excluding ortho intramolecular Hbond substituents is 1. The fourth-order valence-corrected chi connectivity index (χ4v) is 2.52. The van der Waals surface area contributed by atoms with Crippen LogP contribution < -0.4 is 5.73 Å². The minimum atomic E-state index is -0.378. The Morgan fingerprint density at radius 1 is 1.09 bits per heavy atom. The number of nitrogens with one attached hydrogen (secondary N) is 1. The summed E-state index contributed by atoms with van der Waals surface area (Å²) in [5, 5.41) is 9.40. The van der Waals surface area contributed by atoms with Crippen LogP contribution in [0.1, 0.15) is 17.5 Å². The average Bonchev–Trinajstić information content (AvgIpc) is 2.99. The maximum atomic E-state index is 9.40. The van der Waals surface area contributed by atoms with Gasteiger partial charge in [0.15, 0.2) is 5.82 Å². The monoisotopic (exact) mass is 306 g/mol. The fourth-order valence-electron chi connectivity index (χ4n) is 2.52. The number of para-hydroxylation sites is 2. The molecule has 4 N–H and O–H groups in total. The van der Waals surface area contributed by atoms with Crippen molar-refractivity contribution in [2.24, 2.45) is 10.7 Å². The molecule has 2 heterocycles. The highest BCUT2D eigenvalue weighted by molar-refractivity contribution is 5.85. The lowest BCUT2D eigenvalue weighted by atomic mass is 10.1. The number of hydrogen-bond donors (Lipinski definition) is 3. The lowest BCUT2D eigenvalue weighted by Gasteiger charge is -2.20. The van der Waals surface area contributed by atoms with Crippen LogP contribution in [0.25, 0.3) is 16.7 Å². The molecular weight excluding hydrogens is 292 g/mol. The third kappa shape index (κ3) is 2.50. The van der Waals surface area contributed by atoms with E-state index in [0.717, 1.165) is 16.6 Å². The molecule has 0 bridgehead atoms. The largest absolute Gasteiger partial charge is 0.508 e. The van der Waals surface area contributed by atoms with Crippen molar-refractivity contribution in [3.63, 3.8) is 0 Å². The molecule has 6 heteroatoms. The molecule has 1 unspecified atom stereocenters. The molecule has 4 rings (SSSR count). The molecule has 0 spiro atoms. The Kier molecular flexibility index (Phi) is 3.01. The number of nitrogens with zero attached hydrogens (tertiary/aromatic N) is 2. The number of fused-ring (bicyclic) bond motifs is 1. The summed E-state index contributed by atoms with van der Waals surface area (Å²) in [6.45, 7) is 0. The summed E-state index contributed by atoms with van der Waals surface area (Å²) < 4.78 is 5.57. The van der Waals surface area contributed by atoms with Crippen molar-refractivity contribution >= 4 is 22.8 Å². The quantitative estimate of drug-likeness (QED) is 0.678. The van der Waals surface area contributed by atoms with Crippen molar-refractivity contribution in [2.45, 2.75) is 6.10 Å². The molecule has 0 radical (unpaired) electrons. The molecule has 6 nitrogen and oxygen atoms in total. The molecule has 0 amide bonds. The Labute approximate surface area is 132 Å². The van der Waals surface area contributed by atoms with Gasteiger partial charge in [-0.1, -0.05) is 24.3 Å². The lowest BCUT2D eigenvalue weighted by molar-refractivity contribution is 0.233. The zero-order valence-electron chi connectivity index (χ0n) is 12.1. The minimum Gasteiger partial charge on any atom is -0.508 e. The zero-order chi connectivity index (χ0) is 15.8. The van der Waals surface area contributed by atoms with E-state index in [0.29, 0.717) is 11.5 Å². The van der Waals surface area contributed by atoms with Crippen LogP contribution in [0.3, 0.4) is 0 Å². The van der Waals surface area contributed by atoms with Gasteiger partial charge in [0.1, 0.15) is 17.6 Å². The van der Waals surface area contributed by atoms with Crippen molar-refractivity contribution in [3.8, 4) is 5.75 Å². The molecule has 0 saturated carbocycles. The van der Waals surface area contributed by atoms with E-state index < -0.39 is 0 Å². The number of phenols is 1. The second-order valence-electron chi connectivity index (χ2n) is 5.23. The molecule has 2 aromatic carbocycles. The Morgan fingerprint density at radius 3 is 2.65 bits per heavy atom. The number of H-pyrrole nitrogens is 1. The van der Waals surface area contributed by atoms with Crippen LogP contribution in [0.5, 0.6) is 5.75 Å². The summed E-state index contributed by atoms with van der Waals surface area (Å²) >= 11 is 0. The van der Waals surface area contributed by atoms with Crippen LogP contribution in [0, 0.1) is 0 Å². The summed E-state index contributed by atoms with van der Waals surface area (Å²) in [7, 11) is 0. The Balaban J connectivity index is 1.75. The SMILES string of the molecule is NC1=NC(c2nc3ccccc3[nH]2)=CC(c2ccc(O)cc2)O1. The van der Waals surface area contributed by atoms with Crippen LogP contribution in [0.2, 0.25) is 0 Å². The van der Waals surface area contributed by atoms with Crippen LogP contribution in [-0.2, 0) is 4.74 Å². The molecular formula is C17H14N4O2. The molecule has 0 aliphatic carbocycles. The second-order valence-corrected chi connectivity index (χ2v) is 5.23.